The molecule has 0 aliphatic carbocycles. The minimum atomic E-state index is 0.0174. The lowest BCUT2D eigenvalue weighted by Gasteiger charge is -2.10. The summed E-state index contributed by atoms with van der Waals surface area (Å²) in [7, 11) is 0. The Balaban J connectivity index is 2.49. The molecule has 4 heteroatoms. The van der Waals surface area contributed by atoms with Crippen molar-refractivity contribution in [3.63, 3.8) is 0 Å². The van der Waals surface area contributed by atoms with Crippen LogP contribution in [0.15, 0.2) is 17.3 Å². The van der Waals surface area contributed by atoms with E-state index in [1.807, 2.05) is 12.2 Å². The summed E-state index contributed by atoms with van der Waals surface area (Å²) < 4.78 is 0. The highest BCUT2D eigenvalue weighted by atomic mass is 15.2. The minimum Gasteiger partial charge on any atom is -0.313 e. The Morgan fingerprint density at radius 2 is 2.67 bits per heavy atom. The Kier molecular flexibility index (Phi) is 2.13. The Labute approximate surface area is 53.2 Å². The molecule has 0 bridgehead atoms. The van der Waals surface area contributed by atoms with Crippen LogP contribution < -0.4 is 5.32 Å². The Hall–Kier alpha value is -0.990. The third-order valence-corrected chi connectivity index (χ3v) is 1.17. The van der Waals surface area contributed by atoms with E-state index in [1.165, 1.54) is 0 Å². The largest absolute Gasteiger partial charge is 0.313 e. The van der Waals surface area contributed by atoms with Crippen LogP contribution in [0.3, 0.4) is 0 Å². The van der Waals surface area contributed by atoms with E-state index in [4.69, 9.17) is 5.53 Å². The van der Waals surface area contributed by atoms with E-state index in [0.29, 0.717) is 0 Å². The third-order valence-electron chi connectivity index (χ3n) is 1.17. The van der Waals surface area contributed by atoms with Crippen molar-refractivity contribution in [2.75, 3.05) is 13.1 Å². The van der Waals surface area contributed by atoms with Crippen molar-refractivity contribution >= 4 is 0 Å². The van der Waals surface area contributed by atoms with Crippen LogP contribution in [0.4, 0.5) is 0 Å². The van der Waals surface area contributed by atoms with Crippen molar-refractivity contribution in [3.8, 4) is 0 Å². The van der Waals surface area contributed by atoms with Crippen LogP contribution in [0.5, 0.6) is 0 Å². The van der Waals surface area contributed by atoms with Crippen molar-refractivity contribution < 1.29 is 0 Å². The molecule has 0 aromatic rings. The third kappa shape index (κ3) is 1.76. The van der Waals surface area contributed by atoms with Gasteiger partial charge in [-0.3, -0.25) is 0 Å². The molecule has 1 rings (SSSR count). The average Bonchev–Trinajstić information content (AvgIpc) is 1.91. The second-order valence-corrected chi connectivity index (χ2v) is 1.86. The van der Waals surface area contributed by atoms with Gasteiger partial charge in [0, 0.05) is 18.0 Å². The summed E-state index contributed by atoms with van der Waals surface area (Å²) in [5.41, 5.74) is 8.02. The molecular formula is C5H8N4. The highest BCUT2D eigenvalue weighted by Crippen LogP contribution is 1.95. The number of hydrogen-bond acceptors (Lipinski definition) is 2. The van der Waals surface area contributed by atoms with Crippen LogP contribution >= 0.6 is 0 Å². The number of nitrogens with one attached hydrogen (secondary N) is 1. The lowest BCUT2D eigenvalue weighted by Crippen LogP contribution is -2.27. The summed E-state index contributed by atoms with van der Waals surface area (Å²) in [5, 5.41) is 6.58. The lowest BCUT2D eigenvalue weighted by atomic mass is 10.2. The zero-order valence-corrected chi connectivity index (χ0v) is 4.99. The van der Waals surface area contributed by atoms with Crippen LogP contribution in [0.2, 0.25) is 0 Å². The molecule has 1 atom stereocenters. The highest BCUT2D eigenvalue weighted by Gasteiger charge is 2.02. The lowest BCUT2D eigenvalue weighted by molar-refractivity contribution is 0.651. The van der Waals surface area contributed by atoms with E-state index in [2.05, 4.69) is 15.3 Å². The van der Waals surface area contributed by atoms with E-state index in [9.17, 15) is 0 Å². The van der Waals surface area contributed by atoms with Gasteiger partial charge in [0.2, 0.25) is 0 Å². The number of nitrogens with zero attached hydrogens (tertiary/aromatic N) is 3. The molecule has 1 aliphatic heterocycles. The second-order valence-electron chi connectivity index (χ2n) is 1.86. The van der Waals surface area contributed by atoms with Gasteiger partial charge in [-0.1, -0.05) is 17.3 Å². The fourth-order valence-electron chi connectivity index (χ4n) is 0.753. The molecule has 1 N–H and O–H groups in total. The summed E-state index contributed by atoms with van der Waals surface area (Å²) >= 11 is 0. The van der Waals surface area contributed by atoms with Crippen LogP contribution in [-0.2, 0) is 0 Å². The van der Waals surface area contributed by atoms with Crippen LogP contribution in [0.1, 0.15) is 0 Å². The highest BCUT2D eigenvalue weighted by molar-refractivity contribution is 4.99. The molecule has 9 heavy (non-hydrogen) atoms. The molecule has 0 unspecified atom stereocenters. The SMILES string of the molecule is [N-]=[N+]=N[C@@H]1C=CCNC1. The molecule has 0 saturated carbocycles. The van der Waals surface area contributed by atoms with Crippen LogP contribution in [-0.4, -0.2) is 19.1 Å². The van der Waals surface area contributed by atoms with Crippen LogP contribution in [0.25, 0.3) is 10.4 Å². The molecule has 0 amide bonds. The summed E-state index contributed by atoms with van der Waals surface area (Å²) in [5.74, 6) is 0. The quantitative estimate of drug-likeness (QED) is 0.239. The Bertz CT molecular complexity index is 156. The molecule has 0 aromatic carbocycles. The molecular weight excluding hydrogens is 116 g/mol. The van der Waals surface area contributed by atoms with Gasteiger partial charge in [-0.2, -0.15) is 0 Å². The monoisotopic (exact) mass is 124 g/mol. The fraction of sp³-hybridized carbons (Fsp3) is 0.600. The topological polar surface area (TPSA) is 60.8 Å². The first-order valence-electron chi connectivity index (χ1n) is 2.85. The molecule has 0 saturated heterocycles. The molecule has 1 aliphatic rings. The first kappa shape index (κ1) is 6.13. The standard InChI is InChI=1S/C5H8N4/c6-9-8-5-2-1-3-7-4-5/h1-2,5,7H,3-4H2/t5-/m1/s1. The van der Waals surface area contributed by atoms with Gasteiger partial charge in [0.1, 0.15) is 0 Å². The van der Waals surface area contributed by atoms with E-state index in [-0.39, 0.29) is 6.04 Å². The van der Waals surface area contributed by atoms with Gasteiger partial charge < -0.3 is 5.32 Å². The number of azide groups is 1. The van der Waals surface area contributed by atoms with Gasteiger partial charge in [-0.05, 0) is 5.53 Å². The zero-order valence-electron chi connectivity index (χ0n) is 4.99. The van der Waals surface area contributed by atoms with Gasteiger partial charge in [0.05, 0.1) is 6.04 Å². The maximum absolute atomic E-state index is 8.02. The van der Waals surface area contributed by atoms with Crippen molar-refractivity contribution in [1.29, 1.82) is 0 Å². The average molecular weight is 124 g/mol. The van der Waals surface area contributed by atoms with Gasteiger partial charge >= 0.3 is 0 Å². The molecule has 0 spiro atoms. The van der Waals surface area contributed by atoms with Crippen LogP contribution in [0, 0.1) is 0 Å². The van der Waals surface area contributed by atoms with E-state index in [1.54, 1.807) is 0 Å². The molecule has 1 heterocycles. The smallest absolute Gasteiger partial charge is 0.0680 e. The molecule has 0 radical (unpaired) electrons. The first-order valence-corrected chi connectivity index (χ1v) is 2.85. The van der Waals surface area contributed by atoms with Gasteiger partial charge in [0.15, 0.2) is 0 Å². The summed E-state index contributed by atoms with van der Waals surface area (Å²) in [6.45, 7) is 1.65. The molecule has 0 fully saturated rings. The molecule has 4 nitrogen and oxygen atoms in total. The van der Waals surface area contributed by atoms with Crippen molar-refractivity contribution in [1.82, 2.24) is 5.32 Å². The van der Waals surface area contributed by atoms with Crippen molar-refractivity contribution in [2.24, 2.45) is 5.11 Å². The maximum atomic E-state index is 8.02. The van der Waals surface area contributed by atoms with Gasteiger partial charge in [-0.15, -0.1) is 0 Å². The van der Waals surface area contributed by atoms with E-state index in [0.717, 1.165) is 13.1 Å². The molecule has 48 valence electrons. The fourth-order valence-corrected chi connectivity index (χ4v) is 0.753. The minimum absolute atomic E-state index is 0.0174. The van der Waals surface area contributed by atoms with Crippen molar-refractivity contribution in [3.05, 3.63) is 22.6 Å². The summed E-state index contributed by atoms with van der Waals surface area (Å²) in [6.07, 6.45) is 3.87. The van der Waals surface area contributed by atoms with E-state index >= 15 is 0 Å². The zero-order chi connectivity index (χ0) is 6.53. The van der Waals surface area contributed by atoms with Crippen molar-refractivity contribution in [2.45, 2.75) is 6.04 Å². The normalized spacial score (nSPS) is 25.1. The maximum Gasteiger partial charge on any atom is 0.0680 e. The molecule has 0 aromatic heterocycles. The Morgan fingerprint density at radius 1 is 1.78 bits per heavy atom. The predicted molar refractivity (Wildman–Crippen MR) is 34.9 cm³/mol. The number of hydrogen-bond donors (Lipinski definition) is 1. The Morgan fingerprint density at radius 3 is 3.22 bits per heavy atom. The summed E-state index contributed by atoms with van der Waals surface area (Å²) in [4.78, 5) is 2.69. The van der Waals surface area contributed by atoms with E-state index < -0.39 is 0 Å². The first-order chi connectivity index (χ1) is 4.43. The predicted octanol–water partition coefficient (Wildman–Crippen LogP) is 0.825. The summed E-state index contributed by atoms with van der Waals surface area (Å²) in [6, 6.07) is 0.0174. The van der Waals surface area contributed by atoms with Gasteiger partial charge in [-0.25, -0.2) is 0 Å². The van der Waals surface area contributed by atoms with Gasteiger partial charge in [0.25, 0.3) is 0 Å². The number of rotatable bonds is 1. The second kappa shape index (κ2) is 3.12.